The van der Waals surface area contributed by atoms with Crippen molar-refractivity contribution in [3.63, 3.8) is 0 Å². The van der Waals surface area contributed by atoms with E-state index in [1.807, 2.05) is 0 Å². The van der Waals surface area contributed by atoms with Crippen LogP contribution in [0.3, 0.4) is 0 Å². The van der Waals surface area contributed by atoms with Crippen molar-refractivity contribution in [2.24, 2.45) is 0 Å². The fraction of sp³-hybridized carbons (Fsp3) is 0.250. The van der Waals surface area contributed by atoms with Gasteiger partial charge < -0.3 is 29.6 Å². The predicted octanol–water partition coefficient (Wildman–Crippen LogP) is 3.49. The van der Waals surface area contributed by atoms with Crippen LogP contribution in [-0.2, 0) is 9.59 Å². The molecule has 3 aromatic rings. The van der Waals surface area contributed by atoms with E-state index in [0.717, 1.165) is 6.07 Å². The van der Waals surface area contributed by atoms with Gasteiger partial charge in [0, 0.05) is 23.7 Å². The van der Waals surface area contributed by atoms with E-state index in [1.165, 1.54) is 31.8 Å². The predicted molar refractivity (Wildman–Crippen MR) is 123 cm³/mol. The minimum atomic E-state index is -1.25. The number of methoxy groups -OCH3 is 1. The Kier molecular flexibility index (Phi) is 7.69. The summed E-state index contributed by atoms with van der Waals surface area (Å²) in [6, 6.07) is 8.12. The van der Waals surface area contributed by atoms with Crippen LogP contribution in [0.25, 0.3) is 11.3 Å². The second-order valence-corrected chi connectivity index (χ2v) is 8.12. The minimum absolute atomic E-state index is 0.0124. The van der Waals surface area contributed by atoms with Crippen molar-refractivity contribution < 1.29 is 37.8 Å². The van der Waals surface area contributed by atoms with Crippen LogP contribution in [0, 0.1) is 5.82 Å². The lowest BCUT2D eigenvalue weighted by Crippen LogP contribution is -2.48. The number of carboxylic acid groups (broad SMARTS) is 1. The number of carbonyl (C=O) groups excluding carboxylic acids is 2. The summed E-state index contributed by atoms with van der Waals surface area (Å²) in [6.45, 7) is 3.37. The number of benzene rings is 2. The van der Waals surface area contributed by atoms with E-state index in [0.29, 0.717) is 22.8 Å². The molecule has 3 N–H and O–H groups in total. The molecule has 1 aromatic heterocycles. The van der Waals surface area contributed by atoms with E-state index in [9.17, 15) is 18.8 Å². The molecular weight excluding hydrogens is 461 g/mol. The van der Waals surface area contributed by atoms with Gasteiger partial charge in [-0.2, -0.15) is 0 Å². The van der Waals surface area contributed by atoms with Gasteiger partial charge in [-0.3, -0.25) is 9.59 Å². The molecule has 0 aliphatic carbocycles. The summed E-state index contributed by atoms with van der Waals surface area (Å²) in [6.07, 6.45) is 3.05. The third kappa shape index (κ3) is 6.56. The standard InChI is InChI=1S/C24H24FN3O7/c1-24(2,8-9-34-18-7-4-14(23(31)32)10-17(18)25)28-22(30)21(29)27-15-5-6-16(19(11-15)33-3)20-12-26-13-35-20/h4-7,10-13H,8-9H2,1-3H3,(H,27,29)(H,28,30)(H,31,32). The number of anilines is 1. The summed E-state index contributed by atoms with van der Waals surface area (Å²) in [7, 11) is 1.46. The number of carbonyl (C=O) groups is 3. The highest BCUT2D eigenvalue weighted by Crippen LogP contribution is 2.32. The van der Waals surface area contributed by atoms with Gasteiger partial charge in [0.05, 0.1) is 31.0 Å². The molecule has 2 aromatic carbocycles. The molecular formula is C24H24FN3O7. The molecule has 35 heavy (non-hydrogen) atoms. The van der Waals surface area contributed by atoms with Gasteiger partial charge >= 0.3 is 17.8 Å². The minimum Gasteiger partial charge on any atom is -0.496 e. The van der Waals surface area contributed by atoms with E-state index in [-0.39, 0.29) is 24.3 Å². The molecule has 0 saturated carbocycles. The van der Waals surface area contributed by atoms with E-state index in [4.69, 9.17) is 19.0 Å². The summed E-state index contributed by atoms with van der Waals surface area (Å²) < 4.78 is 29.9. The molecule has 0 bridgehead atoms. The van der Waals surface area contributed by atoms with E-state index >= 15 is 0 Å². The molecule has 0 radical (unpaired) electrons. The molecule has 0 aliphatic rings. The number of amides is 2. The van der Waals surface area contributed by atoms with Gasteiger partial charge in [0.2, 0.25) is 0 Å². The Hall–Kier alpha value is -4.41. The lowest BCUT2D eigenvalue weighted by molar-refractivity contribution is -0.137. The highest BCUT2D eigenvalue weighted by atomic mass is 19.1. The van der Waals surface area contributed by atoms with Crippen LogP contribution in [0.15, 0.2) is 53.4 Å². The average molecular weight is 485 g/mol. The van der Waals surface area contributed by atoms with Crippen LogP contribution >= 0.6 is 0 Å². The number of nitrogens with one attached hydrogen (secondary N) is 2. The Morgan fingerprint density at radius 3 is 2.51 bits per heavy atom. The number of aromatic nitrogens is 1. The van der Waals surface area contributed by atoms with Crippen LogP contribution in [0.1, 0.15) is 30.6 Å². The van der Waals surface area contributed by atoms with E-state index in [2.05, 4.69) is 15.6 Å². The quantitative estimate of drug-likeness (QED) is 0.391. The molecule has 2 amide bonds. The molecule has 3 rings (SSSR count). The number of nitrogens with zero attached hydrogens (tertiary/aromatic N) is 1. The van der Waals surface area contributed by atoms with Crippen molar-refractivity contribution >= 4 is 23.5 Å². The Bertz CT molecular complexity index is 1230. The first-order valence-electron chi connectivity index (χ1n) is 10.5. The van der Waals surface area contributed by atoms with Gasteiger partial charge in [0.25, 0.3) is 0 Å². The van der Waals surface area contributed by atoms with Crippen molar-refractivity contribution in [1.82, 2.24) is 10.3 Å². The molecule has 0 atom stereocenters. The number of carboxylic acids is 1. The van der Waals surface area contributed by atoms with Crippen molar-refractivity contribution in [1.29, 1.82) is 0 Å². The smallest absolute Gasteiger partial charge is 0.335 e. The monoisotopic (exact) mass is 485 g/mol. The van der Waals surface area contributed by atoms with Gasteiger partial charge in [-0.1, -0.05) is 0 Å². The molecule has 10 nitrogen and oxygen atoms in total. The zero-order valence-corrected chi connectivity index (χ0v) is 19.3. The first kappa shape index (κ1) is 25.2. The fourth-order valence-electron chi connectivity index (χ4n) is 3.10. The van der Waals surface area contributed by atoms with Crippen LogP contribution in [-0.4, -0.2) is 47.1 Å². The normalized spacial score (nSPS) is 11.0. The first-order chi connectivity index (χ1) is 16.6. The summed E-state index contributed by atoms with van der Waals surface area (Å²) in [4.78, 5) is 39.6. The summed E-state index contributed by atoms with van der Waals surface area (Å²) >= 11 is 0. The SMILES string of the molecule is COc1cc(NC(=O)C(=O)NC(C)(C)CCOc2ccc(C(=O)O)cc2F)ccc1-c1cnco1. The van der Waals surface area contributed by atoms with Crippen molar-refractivity contribution in [2.45, 2.75) is 25.8 Å². The van der Waals surface area contributed by atoms with Crippen molar-refractivity contribution in [2.75, 3.05) is 19.0 Å². The van der Waals surface area contributed by atoms with Gasteiger partial charge in [-0.05, 0) is 44.2 Å². The molecule has 0 unspecified atom stereocenters. The Labute approximate surface area is 200 Å². The average Bonchev–Trinajstić information content (AvgIpc) is 3.34. The molecule has 0 fully saturated rings. The summed E-state index contributed by atoms with van der Waals surface area (Å²) in [5, 5.41) is 14.0. The van der Waals surface area contributed by atoms with Crippen LogP contribution in [0.4, 0.5) is 10.1 Å². The number of oxazole rings is 1. The largest absolute Gasteiger partial charge is 0.496 e. The lowest BCUT2D eigenvalue weighted by Gasteiger charge is -2.26. The zero-order chi connectivity index (χ0) is 25.6. The Balaban J connectivity index is 1.54. The summed E-state index contributed by atoms with van der Waals surface area (Å²) in [5.74, 6) is -3.02. The topological polar surface area (TPSA) is 140 Å². The fourth-order valence-corrected chi connectivity index (χ4v) is 3.10. The second kappa shape index (κ2) is 10.7. The van der Waals surface area contributed by atoms with Crippen LogP contribution in [0.5, 0.6) is 11.5 Å². The highest BCUT2D eigenvalue weighted by Gasteiger charge is 2.25. The number of aromatic carboxylic acids is 1. The molecule has 11 heteroatoms. The zero-order valence-electron chi connectivity index (χ0n) is 19.3. The maximum absolute atomic E-state index is 14.0. The van der Waals surface area contributed by atoms with Gasteiger partial charge in [-0.15, -0.1) is 0 Å². The third-order valence-corrected chi connectivity index (χ3v) is 4.98. The highest BCUT2D eigenvalue weighted by molar-refractivity contribution is 6.39. The van der Waals surface area contributed by atoms with Gasteiger partial charge in [-0.25, -0.2) is 14.2 Å². The molecule has 0 saturated heterocycles. The van der Waals surface area contributed by atoms with E-state index in [1.54, 1.807) is 32.0 Å². The van der Waals surface area contributed by atoms with Crippen molar-refractivity contribution in [3.8, 4) is 22.8 Å². The maximum atomic E-state index is 14.0. The summed E-state index contributed by atoms with van der Waals surface area (Å²) in [5.41, 5.74) is -0.0901. The maximum Gasteiger partial charge on any atom is 0.335 e. The number of rotatable bonds is 9. The van der Waals surface area contributed by atoms with E-state index < -0.39 is 29.1 Å². The molecule has 1 heterocycles. The number of hydrogen-bond acceptors (Lipinski definition) is 7. The molecule has 184 valence electrons. The third-order valence-electron chi connectivity index (χ3n) is 4.98. The van der Waals surface area contributed by atoms with Gasteiger partial charge in [0.15, 0.2) is 23.7 Å². The van der Waals surface area contributed by atoms with Crippen LogP contribution < -0.4 is 20.1 Å². The number of halogens is 1. The Morgan fingerprint density at radius 1 is 1.11 bits per heavy atom. The van der Waals surface area contributed by atoms with Gasteiger partial charge in [0.1, 0.15) is 5.75 Å². The Morgan fingerprint density at radius 2 is 1.89 bits per heavy atom. The molecule has 0 spiro atoms. The first-order valence-corrected chi connectivity index (χ1v) is 10.5. The second-order valence-electron chi connectivity index (χ2n) is 8.12. The number of hydrogen-bond donors (Lipinski definition) is 3. The van der Waals surface area contributed by atoms with Crippen molar-refractivity contribution in [3.05, 3.63) is 60.4 Å². The lowest BCUT2D eigenvalue weighted by atomic mass is 10.0. The van der Waals surface area contributed by atoms with Crippen LogP contribution in [0.2, 0.25) is 0 Å². The number of ether oxygens (including phenoxy) is 2. The molecule has 0 aliphatic heterocycles.